The second-order valence-electron chi connectivity index (χ2n) is 10.9. The first-order valence-corrected chi connectivity index (χ1v) is 12.6. The van der Waals surface area contributed by atoms with E-state index in [9.17, 15) is 4.79 Å². The largest absolute Gasteiger partial charge is 0.495 e. The number of nitrogens with zero attached hydrogens (tertiary/aromatic N) is 1. The molecule has 0 bridgehead atoms. The molecule has 1 N–H and O–H groups in total. The molecule has 0 radical (unpaired) electrons. The number of amides is 1. The smallest absolute Gasteiger partial charge is 0.407 e. The summed E-state index contributed by atoms with van der Waals surface area (Å²) >= 11 is 0. The molecule has 2 aliphatic heterocycles. The Hall–Kier alpha value is -2.68. The molecule has 0 spiro atoms. The highest BCUT2D eigenvalue weighted by atomic mass is 16.7. The van der Waals surface area contributed by atoms with E-state index in [4.69, 9.17) is 23.7 Å². The lowest BCUT2D eigenvalue weighted by atomic mass is 9.94. The fourth-order valence-electron chi connectivity index (χ4n) is 4.66. The van der Waals surface area contributed by atoms with Crippen LogP contribution in [0.2, 0.25) is 0 Å². The molecule has 8 nitrogen and oxygen atoms in total. The second kappa shape index (κ2) is 10.7. The summed E-state index contributed by atoms with van der Waals surface area (Å²) < 4.78 is 29.1. The third-order valence-electron chi connectivity index (χ3n) is 6.29. The topological polar surface area (TPSA) is 88.1 Å². The van der Waals surface area contributed by atoms with Crippen LogP contribution < -0.4 is 10.1 Å². The van der Waals surface area contributed by atoms with Gasteiger partial charge in [-0.3, -0.25) is 4.98 Å². The van der Waals surface area contributed by atoms with Gasteiger partial charge in [0.1, 0.15) is 11.4 Å². The van der Waals surface area contributed by atoms with Crippen LogP contribution in [0.15, 0.2) is 36.5 Å². The average Bonchev–Trinajstić information content (AvgIpc) is 3.15. The molecule has 2 saturated heterocycles. The average molecular weight is 499 g/mol. The summed E-state index contributed by atoms with van der Waals surface area (Å²) in [5, 5.41) is 4.04. The molecule has 1 amide bonds. The Bertz CT molecular complexity index is 1090. The van der Waals surface area contributed by atoms with Crippen LogP contribution in [0.4, 0.5) is 4.79 Å². The van der Waals surface area contributed by atoms with Crippen LogP contribution in [0.5, 0.6) is 5.75 Å². The molecular formula is C28H38N2O6. The molecule has 3 heterocycles. The van der Waals surface area contributed by atoms with Gasteiger partial charge in [0.15, 0.2) is 5.79 Å². The number of nitrogens with one attached hydrogen (secondary N) is 1. The van der Waals surface area contributed by atoms with Crippen LogP contribution in [0.25, 0.3) is 17.0 Å². The molecule has 1 aromatic carbocycles. The van der Waals surface area contributed by atoms with E-state index < -0.39 is 17.5 Å². The van der Waals surface area contributed by atoms with Crippen LogP contribution in [0, 0.1) is 0 Å². The van der Waals surface area contributed by atoms with Crippen molar-refractivity contribution in [1.29, 1.82) is 0 Å². The van der Waals surface area contributed by atoms with E-state index in [0.717, 1.165) is 35.1 Å². The normalized spacial score (nSPS) is 26.3. The first-order valence-electron chi connectivity index (χ1n) is 12.6. The molecule has 4 rings (SSSR count). The summed E-state index contributed by atoms with van der Waals surface area (Å²) in [6, 6.07) is 7.84. The number of hydrogen-bond donors (Lipinski definition) is 1. The number of aromatic nitrogens is 1. The Kier molecular flexibility index (Phi) is 7.87. The summed E-state index contributed by atoms with van der Waals surface area (Å²) in [5.41, 5.74) is 1.38. The number of ether oxygens (including phenoxy) is 5. The van der Waals surface area contributed by atoms with Crippen LogP contribution in [0.3, 0.4) is 0 Å². The van der Waals surface area contributed by atoms with Crippen molar-refractivity contribution in [3.05, 3.63) is 42.1 Å². The molecule has 2 fully saturated rings. The van der Waals surface area contributed by atoms with Gasteiger partial charge in [-0.25, -0.2) is 4.79 Å². The van der Waals surface area contributed by atoms with E-state index in [1.807, 2.05) is 52.8 Å². The zero-order valence-corrected chi connectivity index (χ0v) is 22.1. The number of carbonyl (C=O) groups is 1. The highest BCUT2D eigenvalue weighted by Gasteiger charge is 2.39. The summed E-state index contributed by atoms with van der Waals surface area (Å²) in [6.45, 7) is 9.87. The van der Waals surface area contributed by atoms with Gasteiger partial charge in [-0.1, -0.05) is 24.3 Å². The molecule has 1 unspecified atom stereocenters. The van der Waals surface area contributed by atoms with Gasteiger partial charge in [-0.15, -0.1) is 0 Å². The minimum atomic E-state index is -0.615. The third kappa shape index (κ3) is 6.96. The monoisotopic (exact) mass is 498 g/mol. The molecule has 0 saturated carbocycles. The summed E-state index contributed by atoms with van der Waals surface area (Å²) in [4.78, 5) is 17.0. The zero-order chi connectivity index (χ0) is 25.9. The number of rotatable bonds is 6. The Balaban J connectivity index is 1.48. The Morgan fingerprint density at radius 1 is 1.28 bits per heavy atom. The molecule has 36 heavy (non-hydrogen) atoms. The number of hydrogen-bond acceptors (Lipinski definition) is 7. The first-order chi connectivity index (χ1) is 17.0. The van der Waals surface area contributed by atoms with Crippen LogP contribution in [-0.4, -0.2) is 60.5 Å². The molecule has 2 aromatic rings. The molecule has 2 aliphatic rings. The van der Waals surface area contributed by atoms with Gasteiger partial charge in [0.2, 0.25) is 0 Å². The standard InChI is InChI=1S/C28H38N2O6/c1-27(2,3)36-26(31)30-24-13-12-19(34-25(24)15-21-17-33-28(4,5)35-21)11-10-18-8-7-9-23-22(18)14-20(32-6)16-29-23/h7-11,14,16,19,21,24-25H,12-13,15,17H2,1-6H3,(H,30,31)/t19-,21?,24-,25-/m1/s1. The van der Waals surface area contributed by atoms with Crippen molar-refractivity contribution in [2.75, 3.05) is 13.7 Å². The summed E-state index contributed by atoms with van der Waals surface area (Å²) in [7, 11) is 1.64. The molecule has 0 aliphatic carbocycles. The van der Waals surface area contributed by atoms with Gasteiger partial charge in [-0.2, -0.15) is 0 Å². The molecule has 4 atom stereocenters. The Labute approximate surface area is 213 Å². The van der Waals surface area contributed by atoms with Crippen LogP contribution >= 0.6 is 0 Å². The Morgan fingerprint density at radius 3 is 2.78 bits per heavy atom. The Morgan fingerprint density at radius 2 is 2.08 bits per heavy atom. The van der Waals surface area contributed by atoms with Gasteiger partial charge in [0, 0.05) is 11.8 Å². The van der Waals surface area contributed by atoms with Crippen molar-refractivity contribution >= 4 is 23.1 Å². The highest BCUT2D eigenvalue weighted by molar-refractivity contribution is 5.88. The molecular weight excluding hydrogens is 460 g/mol. The lowest BCUT2D eigenvalue weighted by molar-refractivity contribution is -0.146. The molecule has 1 aromatic heterocycles. The minimum absolute atomic E-state index is 0.101. The number of methoxy groups -OCH3 is 1. The van der Waals surface area contributed by atoms with Crippen molar-refractivity contribution in [2.45, 2.75) is 89.6 Å². The molecule has 8 heteroatoms. The molecule has 196 valence electrons. The maximum Gasteiger partial charge on any atom is 0.407 e. The number of alkyl carbamates (subject to hydrolysis) is 1. The van der Waals surface area contributed by atoms with E-state index in [1.54, 1.807) is 13.3 Å². The van der Waals surface area contributed by atoms with Gasteiger partial charge in [0.05, 0.1) is 49.8 Å². The lowest BCUT2D eigenvalue weighted by Gasteiger charge is -2.37. The van der Waals surface area contributed by atoms with Crippen molar-refractivity contribution < 1.29 is 28.5 Å². The van der Waals surface area contributed by atoms with Crippen molar-refractivity contribution in [1.82, 2.24) is 10.3 Å². The predicted molar refractivity (Wildman–Crippen MR) is 138 cm³/mol. The van der Waals surface area contributed by atoms with E-state index in [1.165, 1.54) is 0 Å². The maximum atomic E-state index is 12.5. The fraction of sp³-hybridized carbons (Fsp3) is 0.571. The second-order valence-corrected chi connectivity index (χ2v) is 10.9. The van der Waals surface area contributed by atoms with E-state index in [-0.39, 0.29) is 24.4 Å². The quantitative estimate of drug-likeness (QED) is 0.583. The van der Waals surface area contributed by atoms with E-state index >= 15 is 0 Å². The number of carbonyl (C=O) groups excluding carboxylic acids is 1. The summed E-state index contributed by atoms with van der Waals surface area (Å²) in [5.74, 6) is 0.103. The van der Waals surface area contributed by atoms with Crippen molar-refractivity contribution in [3.8, 4) is 5.75 Å². The van der Waals surface area contributed by atoms with E-state index in [0.29, 0.717) is 13.0 Å². The minimum Gasteiger partial charge on any atom is -0.495 e. The van der Waals surface area contributed by atoms with Crippen molar-refractivity contribution in [2.24, 2.45) is 0 Å². The predicted octanol–water partition coefficient (Wildman–Crippen LogP) is 5.24. The van der Waals surface area contributed by atoms with Gasteiger partial charge >= 0.3 is 6.09 Å². The van der Waals surface area contributed by atoms with E-state index in [2.05, 4.69) is 28.5 Å². The van der Waals surface area contributed by atoms with Gasteiger partial charge in [-0.05, 0) is 65.2 Å². The lowest BCUT2D eigenvalue weighted by Crippen LogP contribution is -2.51. The SMILES string of the molecule is COc1cnc2cccc(C=C[C@@H]3CC[C@@H](NC(=O)OC(C)(C)C)[C@@H](CC4COC(C)(C)O4)O3)c2c1. The summed E-state index contributed by atoms with van der Waals surface area (Å²) in [6.07, 6.45) is 7.15. The van der Waals surface area contributed by atoms with Crippen LogP contribution in [0.1, 0.15) is 59.4 Å². The van der Waals surface area contributed by atoms with Gasteiger partial charge in [0.25, 0.3) is 0 Å². The van der Waals surface area contributed by atoms with Crippen molar-refractivity contribution in [3.63, 3.8) is 0 Å². The third-order valence-corrected chi connectivity index (χ3v) is 6.29. The number of pyridine rings is 1. The maximum absolute atomic E-state index is 12.5. The number of benzene rings is 1. The fourth-order valence-corrected chi connectivity index (χ4v) is 4.66. The zero-order valence-electron chi connectivity index (χ0n) is 22.1. The number of fused-ring (bicyclic) bond motifs is 1. The first kappa shape index (κ1) is 26.4. The van der Waals surface area contributed by atoms with Gasteiger partial charge < -0.3 is 29.0 Å². The van der Waals surface area contributed by atoms with Crippen LogP contribution in [-0.2, 0) is 18.9 Å². The highest BCUT2D eigenvalue weighted by Crippen LogP contribution is 2.31.